The minimum atomic E-state index is -3.61. The average molecular weight is 564 g/mol. The minimum Gasteiger partial charge on any atom is -0.493 e. The lowest BCUT2D eigenvalue weighted by Gasteiger charge is -2.41. The lowest BCUT2D eigenvalue weighted by molar-refractivity contribution is 0.355. The number of ether oxygens (including phenoxy) is 2. The SMILES string of the molecule is CCCCC1(S(=O)(=O)N2CCN(c3nc(N)c4cc(OC)c(OC)cc4n3)CC2)C=CC(c2ccccc2)=CC1. The normalized spacial score (nSPS) is 20.0. The summed E-state index contributed by atoms with van der Waals surface area (Å²) >= 11 is 0. The molecule has 1 aliphatic heterocycles. The van der Waals surface area contributed by atoms with E-state index in [0.29, 0.717) is 73.2 Å². The molecular formula is C30H37N5O4S. The number of unbranched alkanes of at least 4 members (excludes halogenated alkanes) is 1. The van der Waals surface area contributed by atoms with E-state index in [9.17, 15) is 8.42 Å². The Hall–Kier alpha value is -3.63. The van der Waals surface area contributed by atoms with E-state index >= 15 is 0 Å². The van der Waals surface area contributed by atoms with Crippen molar-refractivity contribution in [2.75, 3.05) is 51.0 Å². The summed E-state index contributed by atoms with van der Waals surface area (Å²) in [6, 6.07) is 13.6. The van der Waals surface area contributed by atoms with Crippen molar-refractivity contribution in [3.05, 3.63) is 66.3 Å². The lowest BCUT2D eigenvalue weighted by atomic mass is 9.89. The van der Waals surface area contributed by atoms with Crippen molar-refractivity contribution in [2.45, 2.75) is 37.4 Å². The Labute approximate surface area is 236 Å². The number of nitrogen functional groups attached to an aromatic ring is 1. The third kappa shape index (κ3) is 5.13. The Morgan fingerprint density at radius 1 is 1.00 bits per heavy atom. The van der Waals surface area contributed by atoms with Gasteiger partial charge in [-0.1, -0.05) is 68.3 Å². The van der Waals surface area contributed by atoms with Gasteiger partial charge in [0.15, 0.2) is 11.5 Å². The molecule has 40 heavy (non-hydrogen) atoms. The molecule has 0 radical (unpaired) electrons. The first-order valence-corrected chi connectivity index (χ1v) is 15.1. The quantitative estimate of drug-likeness (QED) is 0.401. The molecule has 2 N–H and O–H groups in total. The van der Waals surface area contributed by atoms with Gasteiger partial charge in [0.25, 0.3) is 0 Å². The Morgan fingerprint density at radius 3 is 2.33 bits per heavy atom. The van der Waals surface area contributed by atoms with Gasteiger partial charge in [0, 0.05) is 37.6 Å². The van der Waals surface area contributed by atoms with Crippen molar-refractivity contribution >= 4 is 38.3 Å². The number of hydrogen-bond donors (Lipinski definition) is 1. The van der Waals surface area contributed by atoms with Crippen LogP contribution in [-0.2, 0) is 10.0 Å². The van der Waals surface area contributed by atoms with Crippen LogP contribution in [0.2, 0.25) is 0 Å². The number of methoxy groups -OCH3 is 2. The van der Waals surface area contributed by atoms with Gasteiger partial charge in [-0.2, -0.15) is 9.29 Å². The predicted octanol–water partition coefficient (Wildman–Crippen LogP) is 4.65. The van der Waals surface area contributed by atoms with Crippen LogP contribution in [-0.4, -0.2) is 67.8 Å². The molecule has 5 rings (SSSR count). The van der Waals surface area contributed by atoms with Gasteiger partial charge < -0.3 is 20.1 Å². The van der Waals surface area contributed by atoms with Crippen molar-refractivity contribution in [3.8, 4) is 11.5 Å². The van der Waals surface area contributed by atoms with Crippen LogP contribution in [0, 0.1) is 0 Å². The van der Waals surface area contributed by atoms with Crippen LogP contribution >= 0.6 is 0 Å². The highest BCUT2D eigenvalue weighted by atomic mass is 32.2. The number of hydrogen-bond acceptors (Lipinski definition) is 8. The average Bonchev–Trinajstić information content (AvgIpc) is 3.00. The molecule has 9 nitrogen and oxygen atoms in total. The summed E-state index contributed by atoms with van der Waals surface area (Å²) < 4.78 is 39.8. The second kappa shape index (κ2) is 11.5. The molecule has 2 heterocycles. The molecule has 2 aromatic carbocycles. The number of piperazine rings is 1. The fourth-order valence-corrected chi connectivity index (χ4v) is 7.57. The Morgan fingerprint density at radius 2 is 1.70 bits per heavy atom. The molecule has 0 bridgehead atoms. The van der Waals surface area contributed by atoms with E-state index < -0.39 is 14.8 Å². The standard InChI is InChI=1S/C30H37N5O4S/c1-4-5-13-30(14-11-23(12-15-30)22-9-7-6-8-10-22)40(36,37)35-18-16-34(17-19-35)29-32-25-21-27(39-3)26(38-2)20-24(25)28(31)33-29/h6-12,14,20-21H,4-5,13,15-19H2,1-3H3,(H2,31,32,33). The third-order valence-electron chi connectivity index (χ3n) is 7.89. The zero-order valence-electron chi connectivity index (χ0n) is 23.3. The van der Waals surface area contributed by atoms with Crippen LogP contribution in [0.3, 0.4) is 0 Å². The molecule has 0 spiro atoms. The summed E-state index contributed by atoms with van der Waals surface area (Å²) in [6.07, 6.45) is 8.83. The fraction of sp³-hybridized carbons (Fsp3) is 0.400. The van der Waals surface area contributed by atoms with Gasteiger partial charge in [-0.3, -0.25) is 0 Å². The maximum Gasteiger partial charge on any atom is 0.227 e. The zero-order chi connectivity index (χ0) is 28.3. The van der Waals surface area contributed by atoms with Crippen LogP contribution in [0.25, 0.3) is 16.5 Å². The van der Waals surface area contributed by atoms with Crippen LogP contribution in [0.5, 0.6) is 11.5 Å². The molecule has 1 unspecified atom stereocenters. The molecule has 1 atom stereocenters. The number of benzene rings is 2. The van der Waals surface area contributed by atoms with Gasteiger partial charge >= 0.3 is 0 Å². The topological polar surface area (TPSA) is 111 Å². The van der Waals surface area contributed by atoms with Gasteiger partial charge in [-0.05, 0) is 30.0 Å². The highest BCUT2D eigenvalue weighted by Crippen LogP contribution is 2.39. The molecule has 10 heteroatoms. The van der Waals surface area contributed by atoms with E-state index in [4.69, 9.17) is 20.2 Å². The summed E-state index contributed by atoms with van der Waals surface area (Å²) in [6.45, 7) is 3.74. The molecule has 0 saturated carbocycles. The zero-order valence-corrected chi connectivity index (χ0v) is 24.2. The maximum atomic E-state index is 14.2. The van der Waals surface area contributed by atoms with Crippen LogP contribution in [0.15, 0.2) is 60.7 Å². The molecular weight excluding hydrogens is 526 g/mol. The van der Waals surface area contributed by atoms with Gasteiger partial charge in [0.2, 0.25) is 16.0 Å². The molecule has 2 aliphatic rings. The van der Waals surface area contributed by atoms with Crippen molar-refractivity contribution in [1.82, 2.24) is 14.3 Å². The number of fused-ring (bicyclic) bond motifs is 1. The van der Waals surface area contributed by atoms with Crippen LogP contribution in [0.4, 0.5) is 11.8 Å². The molecule has 1 aromatic heterocycles. The van der Waals surface area contributed by atoms with Crippen molar-refractivity contribution in [2.24, 2.45) is 0 Å². The van der Waals surface area contributed by atoms with E-state index in [2.05, 4.69) is 30.1 Å². The van der Waals surface area contributed by atoms with Crippen molar-refractivity contribution < 1.29 is 17.9 Å². The Bertz CT molecular complexity index is 1530. The van der Waals surface area contributed by atoms with Gasteiger partial charge in [0.1, 0.15) is 10.6 Å². The first kappa shape index (κ1) is 27.9. The van der Waals surface area contributed by atoms with Crippen LogP contribution < -0.4 is 20.1 Å². The van der Waals surface area contributed by atoms with Gasteiger partial charge in [-0.25, -0.2) is 13.4 Å². The number of anilines is 2. The second-order valence-corrected chi connectivity index (χ2v) is 12.5. The lowest BCUT2D eigenvalue weighted by Crippen LogP contribution is -2.55. The minimum absolute atomic E-state index is 0.336. The molecule has 0 amide bonds. The first-order valence-electron chi connectivity index (χ1n) is 13.7. The number of rotatable bonds is 9. The summed E-state index contributed by atoms with van der Waals surface area (Å²) in [4.78, 5) is 11.2. The highest BCUT2D eigenvalue weighted by Gasteiger charge is 2.46. The van der Waals surface area contributed by atoms with E-state index in [-0.39, 0.29) is 0 Å². The summed E-state index contributed by atoms with van der Waals surface area (Å²) in [5, 5.41) is 0.674. The molecule has 212 valence electrons. The van der Waals surface area contributed by atoms with Gasteiger partial charge in [-0.15, -0.1) is 0 Å². The molecule has 1 aliphatic carbocycles. The summed E-state index contributed by atoms with van der Waals surface area (Å²) in [5.74, 6) is 1.92. The summed E-state index contributed by atoms with van der Waals surface area (Å²) in [7, 11) is -0.473. The maximum absolute atomic E-state index is 14.2. The van der Waals surface area contributed by atoms with Crippen molar-refractivity contribution in [3.63, 3.8) is 0 Å². The number of allylic oxidation sites excluding steroid dienone is 3. The molecule has 1 saturated heterocycles. The fourth-order valence-electron chi connectivity index (χ4n) is 5.48. The Balaban J connectivity index is 1.35. The second-order valence-electron chi connectivity index (χ2n) is 10.3. The molecule has 3 aromatic rings. The van der Waals surface area contributed by atoms with E-state index in [1.54, 1.807) is 30.7 Å². The number of sulfonamides is 1. The van der Waals surface area contributed by atoms with E-state index in [0.717, 1.165) is 24.0 Å². The van der Waals surface area contributed by atoms with Crippen LogP contribution in [0.1, 0.15) is 38.2 Å². The monoisotopic (exact) mass is 563 g/mol. The third-order valence-corrected chi connectivity index (χ3v) is 10.5. The highest BCUT2D eigenvalue weighted by molar-refractivity contribution is 7.90. The first-order chi connectivity index (χ1) is 19.3. The summed E-state index contributed by atoms with van der Waals surface area (Å²) in [5.41, 5.74) is 9.10. The van der Waals surface area contributed by atoms with Gasteiger partial charge in [0.05, 0.1) is 19.7 Å². The predicted molar refractivity (Wildman–Crippen MR) is 160 cm³/mol. The number of nitrogens with two attached hydrogens (primary N) is 1. The van der Waals surface area contributed by atoms with E-state index in [1.165, 1.54) is 0 Å². The number of nitrogens with zero attached hydrogens (tertiary/aromatic N) is 4. The van der Waals surface area contributed by atoms with E-state index in [1.807, 2.05) is 35.3 Å². The largest absolute Gasteiger partial charge is 0.493 e. The van der Waals surface area contributed by atoms with Crippen molar-refractivity contribution in [1.29, 1.82) is 0 Å². The Kier molecular flexibility index (Phi) is 8.00. The molecule has 1 fully saturated rings. The number of aromatic nitrogens is 2. The smallest absolute Gasteiger partial charge is 0.227 e.